The third kappa shape index (κ3) is 3.19. The molecule has 186 valence electrons. The molecule has 8 aromatic rings. The topological polar surface area (TPSA) is 72.3 Å². The number of nitriles is 1. The molecule has 0 atom stereocenters. The summed E-state index contributed by atoms with van der Waals surface area (Å²) in [5.41, 5.74) is 6.81. The maximum Gasteiger partial charge on any atom is 0.238 e. The van der Waals surface area contributed by atoms with Crippen LogP contribution >= 0.6 is 0 Å². The molecule has 0 saturated carbocycles. The molecule has 5 aromatic carbocycles. The molecule has 0 radical (unpaired) electrons. The molecule has 3 heterocycles. The Morgan fingerprint density at radius 1 is 0.550 bits per heavy atom. The van der Waals surface area contributed by atoms with Crippen molar-refractivity contribution >= 4 is 43.6 Å². The monoisotopic (exact) mass is 512 g/mol. The van der Waals surface area contributed by atoms with Crippen molar-refractivity contribution in [1.82, 2.24) is 24.1 Å². The van der Waals surface area contributed by atoms with Gasteiger partial charge in [-0.3, -0.25) is 4.57 Å². The van der Waals surface area contributed by atoms with E-state index in [0.29, 0.717) is 17.3 Å². The van der Waals surface area contributed by atoms with Crippen molar-refractivity contribution in [3.8, 4) is 29.1 Å². The van der Waals surface area contributed by atoms with E-state index in [0.717, 1.165) is 49.5 Å². The summed E-state index contributed by atoms with van der Waals surface area (Å²) < 4.78 is 4.49. The van der Waals surface area contributed by atoms with Gasteiger partial charge in [0.2, 0.25) is 5.95 Å². The van der Waals surface area contributed by atoms with Gasteiger partial charge in [0, 0.05) is 32.8 Å². The number of rotatable bonds is 3. The molecule has 0 fully saturated rings. The highest BCUT2D eigenvalue weighted by Gasteiger charge is 2.22. The van der Waals surface area contributed by atoms with Crippen LogP contribution in [-0.2, 0) is 0 Å². The highest BCUT2D eigenvalue weighted by Crippen LogP contribution is 2.41. The van der Waals surface area contributed by atoms with Gasteiger partial charge in [0.05, 0.1) is 33.7 Å². The molecule has 40 heavy (non-hydrogen) atoms. The summed E-state index contributed by atoms with van der Waals surface area (Å²) in [6.07, 6.45) is 1.56. The summed E-state index contributed by atoms with van der Waals surface area (Å²) >= 11 is 0. The molecular formula is C34H20N6. The molecule has 0 aliphatic carbocycles. The van der Waals surface area contributed by atoms with Gasteiger partial charge in [-0.05, 0) is 48.5 Å². The number of fused-ring (bicyclic) bond motifs is 7. The van der Waals surface area contributed by atoms with Crippen molar-refractivity contribution < 1.29 is 0 Å². The summed E-state index contributed by atoms with van der Waals surface area (Å²) in [4.78, 5) is 14.1. The molecule has 6 nitrogen and oxygen atoms in total. The summed E-state index contributed by atoms with van der Waals surface area (Å²) in [7, 11) is 0. The van der Waals surface area contributed by atoms with Gasteiger partial charge in [-0.1, -0.05) is 66.7 Å². The Hall–Kier alpha value is -5.80. The Labute approximate surface area is 229 Å². The molecule has 0 aliphatic heterocycles. The second-order valence-electron chi connectivity index (χ2n) is 9.70. The van der Waals surface area contributed by atoms with E-state index in [-0.39, 0.29) is 0 Å². The maximum absolute atomic E-state index is 9.22. The average Bonchev–Trinajstić information content (AvgIpc) is 3.55. The Bertz CT molecular complexity index is 2270. The van der Waals surface area contributed by atoms with Gasteiger partial charge in [0.15, 0.2) is 5.82 Å². The van der Waals surface area contributed by atoms with E-state index in [1.165, 1.54) is 5.39 Å². The predicted molar refractivity (Wildman–Crippen MR) is 159 cm³/mol. The Kier molecular flexibility index (Phi) is 4.78. The summed E-state index contributed by atoms with van der Waals surface area (Å²) in [5.74, 6) is 1.09. The normalized spacial score (nSPS) is 11.5. The van der Waals surface area contributed by atoms with Gasteiger partial charge in [-0.15, -0.1) is 0 Å². The Morgan fingerprint density at radius 2 is 1.15 bits per heavy atom. The molecule has 0 N–H and O–H groups in total. The Morgan fingerprint density at radius 3 is 1.82 bits per heavy atom. The van der Waals surface area contributed by atoms with E-state index < -0.39 is 0 Å². The van der Waals surface area contributed by atoms with E-state index >= 15 is 0 Å². The van der Waals surface area contributed by atoms with Crippen molar-refractivity contribution in [2.75, 3.05) is 0 Å². The predicted octanol–water partition coefficient (Wildman–Crippen LogP) is 7.60. The van der Waals surface area contributed by atoms with Crippen LogP contribution in [0.15, 0.2) is 122 Å². The van der Waals surface area contributed by atoms with Crippen LogP contribution in [0.4, 0.5) is 0 Å². The summed E-state index contributed by atoms with van der Waals surface area (Å²) in [5, 5.41) is 13.8. The SMILES string of the molecule is N#Cc1ccc(-c2ncnc(-n3c4ccccc4c4ccc5c6ccccc6n(-c6ccccc6)c5c43)n2)cc1. The van der Waals surface area contributed by atoms with Gasteiger partial charge in [0.1, 0.15) is 6.33 Å². The molecule has 3 aromatic heterocycles. The van der Waals surface area contributed by atoms with E-state index in [9.17, 15) is 5.26 Å². The zero-order chi connectivity index (χ0) is 26.6. The van der Waals surface area contributed by atoms with Crippen molar-refractivity contribution in [3.63, 3.8) is 0 Å². The zero-order valence-electron chi connectivity index (χ0n) is 21.2. The fraction of sp³-hybridized carbons (Fsp3) is 0. The first kappa shape index (κ1) is 22.2. The number of benzene rings is 5. The smallest absolute Gasteiger partial charge is 0.238 e. The van der Waals surface area contributed by atoms with Crippen LogP contribution in [0, 0.1) is 11.3 Å². The first-order valence-electron chi connectivity index (χ1n) is 13.0. The van der Waals surface area contributed by atoms with Crippen LogP contribution in [0.2, 0.25) is 0 Å². The second kappa shape index (κ2) is 8.62. The molecule has 0 spiro atoms. The minimum absolute atomic E-state index is 0.540. The van der Waals surface area contributed by atoms with Crippen LogP contribution in [0.25, 0.3) is 66.6 Å². The van der Waals surface area contributed by atoms with E-state index in [1.54, 1.807) is 18.5 Å². The highest BCUT2D eigenvalue weighted by atomic mass is 15.2. The van der Waals surface area contributed by atoms with E-state index in [4.69, 9.17) is 4.98 Å². The molecule has 6 heteroatoms. The summed E-state index contributed by atoms with van der Waals surface area (Å²) in [6, 6.07) is 41.3. The average molecular weight is 513 g/mol. The fourth-order valence-corrected chi connectivity index (χ4v) is 5.78. The molecule has 8 rings (SSSR count). The van der Waals surface area contributed by atoms with Gasteiger partial charge >= 0.3 is 0 Å². The zero-order valence-corrected chi connectivity index (χ0v) is 21.2. The maximum atomic E-state index is 9.22. The first-order valence-corrected chi connectivity index (χ1v) is 13.0. The molecule has 0 aliphatic rings. The molecule has 0 unspecified atom stereocenters. The van der Waals surface area contributed by atoms with E-state index in [2.05, 4.69) is 104 Å². The van der Waals surface area contributed by atoms with Crippen molar-refractivity contribution in [3.05, 3.63) is 127 Å². The minimum atomic E-state index is 0.540. The van der Waals surface area contributed by atoms with E-state index in [1.807, 2.05) is 24.3 Å². The Balaban J connectivity index is 1.52. The molecule has 0 bridgehead atoms. The van der Waals surface area contributed by atoms with Crippen LogP contribution < -0.4 is 0 Å². The second-order valence-corrected chi connectivity index (χ2v) is 9.70. The van der Waals surface area contributed by atoms with Crippen molar-refractivity contribution in [2.45, 2.75) is 0 Å². The quantitative estimate of drug-likeness (QED) is 0.244. The number of hydrogen-bond donors (Lipinski definition) is 0. The third-order valence-corrected chi connectivity index (χ3v) is 7.51. The van der Waals surface area contributed by atoms with Crippen molar-refractivity contribution in [2.24, 2.45) is 0 Å². The standard InChI is InChI=1S/C34H20N6/c35-20-22-14-16-23(17-15-22)33-36-21-37-34(38-33)40-30-13-7-5-11-26(30)28-19-18-27-25-10-4-6-12-29(25)39(31(27)32(28)40)24-8-2-1-3-9-24/h1-19,21H. The lowest BCUT2D eigenvalue weighted by atomic mass is 10.1. The minimum Gasteiger partial charge on any atom is -0.307 e. The van der Waals surface area contributed by atoms with Gasteiger partial charge in [0.25, 0.3) is 0 Å². The van der Waals surface area contributed by atoms with Crippen LogP contribution in [-0.4, -0.2) is 24.1 Å². The lowest BCUT2D eigenvalue weighted by Crippen LogP contribution is -2.04. The largest absolute Gasteiger partial charge is 0.307 e. The lowest BCUT2D eigenvalue weighted by Gasteiger charge is -2.11. The number of para-hydroxylation sites is 3. The third-order valence-electron chi connectivity index (χ3n) is 7.51. The van der Waals surface area contributed by atoms with Crippen LogP contribution in [0.1, 0.15) is 5.56 Å². The van der Waals surface area contributed by atoms with Crippen LogP contribution in [0.3, 0.4) is 0 Å². The fourth-order valence-electron chi connectivity index (χ4n) is 5.78. The summed E-state index contributed by atoms with van der Waals surface area (Å²) in [6.45, 7) is 0. The molecular weight excluding hydrogens is 492 g/mol. The molecule has 0 saturated heterocycles. The molecule has 0 amide bonds. The lowest BCUT2D eigenvalue weighted by molar-refractivity contribution is 0.946. The van der Waals surface area contributed by atoms with Crippen LogP contribution in [0.5, 0.6) is 0 Å². The van der Waals surface area contributed by atoms with Gasteiger partial charge in [-0.25, -0.2) is 9.97 Å². The number of aromatic nitrogens is 5. The first-order chi connectivity index (χ1) is 19.8. The van der Waals surface area contributed by atoms with Crippen molar-refractivity contribution in [1.29, 1.82) is 5.26 Å². The number of nitrogens with zero attached hydrogens (tertiary/aromatic N) is 6. The number of hydrogen-bond acceptors (Lipinski definition) is 4. The van der Waals surface area contributed by atoms with Gasteiger partial charge in [-0.2, -0.15) is 10.2 Å². The van der Waals surface area contributed by atoms with Gasteiger partial charge < -0.3 is 4.57 Å². The highest BCUT2D eigenvalue weighted by molar-refractivity contribution is 6.23.